The normalized spacial score (nSPS) is 9.47. The molecule has 1 amide bonds. The molecule has 0 saturated heterocycles. The molecule has 0 unspecified atom stereocenters. The van der Waals surface area contributed by atoms with E-state index in [9.17, 15) is 4.79 Å². The maximum atomic E-state index is 11.5. The first-order chi connectivity index (χ1) is 8.22. The first-order valence-electron chi connectivity index (χ1n) is 5.17. The van der Waals surface area contributed by atoms with Gasteiger partial charge in [-0.2, -0.15) is 5.26 Å². The zero-order valence-corrected chi connectivity index (χ0v) is 9.82. The highest BCUT2D eigenvalue weighted by atomic mass is 16.5. The van der Waals surface area contributed by atoms with Crippen molar-refractivity contribution in [1.29, 1.82) is 5.26 Å². The minimum atomic E-state index is -0.312. The molecule has 5 nitrogen and oxygen atoms in total. The van der Waals surface area contributed by atoms with Crippen LogP contribution in [0.1, 0.15) is 12.5 Å². The number of carbonyl (C=O) groups is 1. The summed E-state index contributed by atoms with van der Waals surface area (Å²) in [5.74, 6) is 0.141. The summed E-state index contributed by atoms with van der Waals surface area (Å²) in [6.45, 7) is 2.22. The number of para-hydroxylation sites is 1. The van der Waals surface area contributed by atoms with E-state index >= 15 is 0 Å². The number of anilines is 1. The van der Waals surface area contributed by atoms with E-state index in [1.807, 2.05) is 6.07 Å². The van der Waals surface area contributed by atoms with Gasteiger partial charge < -0.3 is 14.8 Å². The lowest BCUT2D eigenvalue weighted by Gasteiger charge is -2.11. The second kappa shape index (κ2) is 6.51. The Labute approximate surface area is 100.0 Å². The standard InChI is InChI=1S/C12H14N2O3/c1-3-17-8-11(15)14-12-9(7-13)5-4-6-10(12)16-2/h4-6H,3,8H2,1-2H3,(H,14,15). The lowest BCUT2D eigenvalue weighted by atomic mass is 10.2. The van der Waals surface area contributed by atoms with Gasteiger partial charge in [-0.3, -0.25) is 4.79 Å². The van der Waals surface area contributed by atoms with Gasteiger partial charge in [0.05, 0.1) is 12.7 Å². The Morgan fingerprint density at radius 2 is 2.29 bits per heavy atom. The lowest BCUT2D eigenvalue weighted by molar-refractivity contribution is -0.120. The van der Waals surface area contributed by atoms with E-state index in [1.54, 1.807) is 25.1 Å². The Kier molecular flexibility index (Phi) is 4.98. The molecule has 0 spiro atoms. The van der Waals surface area contributed by atoms with Gasteiger partial charge in [0, 0.05) is 6.61 Å². The van der Waals surface area contributed by atoms with Gasteiger partial charge >= 0.3 is 0 Å². The average Bonchev–Trinajstić information content (AvgIpc) is 2.36. The van der Waals surface area contributed by atoms with Crippen molar-refractivity contribution in [3.05, 3.63) is 23.8 Å². The summed E-state index contributed by atoms with van der Waals surface area (Å²) in [7, 11) is 1.48. The SMILES string of the molecule is CCOCC(=O)Nc1c(C#N)cccc1OC. The van der Waals surface area contributed by atoms with Crippen LogP contribution in [0, 0.1) is 11.3 Å². The maximum Gasteiger partial charge on any atom is 0.250 e. The van der Waals surface area contributed by atoms with E-state index in [4.69, 9.17) is 14.7 Å². The molecule has 0 aliphatic rings. The van der Waals surface area contributed by atoms with Gasteiger partial charge in [-0.1, -0.05) is 6.07 Å². The second-order valence-electron chi connectivity index (χ2n) is 3.18. The third kappa shape index (κ3) is 3.47. The smallest absolute Gasteiger partial charge is 0.250 e. The van der Waals surface area contributed by atoms with Crippen LogP contribution in [0.3, 0.4) is 0 Å². The van der Waals surface area contributed by atoms with Crippen molar-refractivity contribution in [2.45, 2.75) is 6.92 Å². The number of hydrogen-bond acceptors (Lipinski definition) is 4. The summed E-state index contributed by atoms with van der Waals surface area (Å²) in [6.07, 6.45) is 0. The van der Waals surface area contributed by atoms with Crippen LogP contribution in [0.4, 0.5) is 5.69 Å². The van der Waals surface area contributed by atoms with E-state index in [0.717, 1.165) is 0 Å². The predicted octanol–water partition coefficient (Wildman–Crippen LogP) is 1.54. The van der Waals surface area contributed by atoms with Gasteiger partial charge in [0.1, 0.15) is 24.1 Å². The van der Waals surface area contributed by atoms with Crippen LogP contribution in [-0.2, 0) is 9.53 Å². The number of ether oxygens (including phenoxy) is 2. The first-order valence-corrected chi connectivity index (χ1v) is 5.17. The fourth-order valence-corrected chi connectivity index (χ4v) is 1.29. The number of nitrogens with zero attached hydrogens (tertiary/aromatic N) is 1. The molecule has 0 saturated carbocycles. The second-order valence-corrected chi connectivity index (χ2v) is 3.18. The van der Waals surface area contributed by atoms with Gasteiger partial charge in [-0.05, 0) is 19.1 Å². The first kappa shape index (κ1) is 13.0. The monoisotopic (exact) mass is 234 g/mol. The molecule has 0 atom stereocenters. The van der Waals surface area contributed by atoms with Crippen molar-refractivity contribution in [3.63, 3.8) is 0 Å². The van der Waals surface area contributed by atoms with Crippen molar-refractivity contribution in [2.75, 3.05) is 25.6 Å². The molecule has 0 heterocycles. The minimum Gasteiger partial charge on any atom is -0.495 e. The molecule has 0 aliphatic heterocycles. The zero-order valence-electron chi connectivity index (χ0n) is 9.82. The summed E-state index contributed by atoms with van der Waals surface area (Å²) >= 11 is 0. The van der Waals surface area contributed by atoms with Crippen LogP contribution < -0.4 is 10.1 Å². The zero-order chi connectivity index (χ0) is 12.7. The van der Waals surface area contributed by atoms with E-state index < -0.39 is 0 Å². The number of benzene rings is 1. The van der Waals surface area contributed by atoms with Gasteiger partial charge in [0.25, 0.3) is 5.91 Å². The molecule has 0 fully saturated rings. The van der Waals surface area contributed by atoms with E-state index in [2.05, 4.69) is 5.32 Å². The summed E-state index contributed by atoms with van der Waals surface area (Å²) in [5, 5.41) is 11.5. The Hall–Kier alpha value is -2.06. The molecular formula is C12H14N2O3. The summed E-state index contributed by atoms with van der Waals surface area (Å²) in [6, 6.07) is 6.97. The molecule has 1 rings (SSSR count). The van der Waals surface area contributed by atoms with Crippen LogP contribution in [-0.4, -0.2) is 26.2 Å². The fraction of sp³-hybridized carbons (Fsp3) is 0.333. The molecule has 0 aliphatic carbocycles. The number of hydrogen-bond donors (Lipinski definition) is 1. The summed E-state index contributed by atoms with van der Waals surface area (Å²) in [4.78, 5) is 11.5. The number of methoxy groups -OCH3 is 1. The van der Waals surface area contributed by atoms with Crippen molar-refractivity contribution >= 4 is 11.6 Å². The summed E-state index contributed by atoms with van der Waals surface area (Å²) < 4.78 is 10.1. The van der Waals surface area contributed by atoms with Crippen LogP contribution in [0.25, 0.3) is 0 Å². The maximum absolute atomic E-state index is 11.5. The Bertz CT molecular complexity index is 438. The quantitative estimate of drug-likeness (QED) is 0.838. The van der Waals surface area contributed by atoms with Crippen molar-refractivity contribution in [3.8, 4) is 11.8 Å². The number of rotatable bonds is 5. The van der Waals surface area contributed by atoms with Crippen molar-refractivity contribution < 1.29 is 14.3 Å². The van der Waals surface area contributed by atoms with Crippen molar-refractivity contribution in [2.24, 2.45) is 0 Å². The number of nitrogens with one attached hydrogen (secondary N) is 1. The Balaban J connectivity index is 2.88. The molecule has 17 heavy (non-hydrogen) atoms. The highest BCUT2D eigenvalue weighted by Gasteiger charge is 2.11. The molecular weight excluding hydrogens is 220 g/mol. The molecule has 90 valence electrons. The Morgan fingerprint density at radius 3 is 2.88 bits per heavy atom. The molecule has 5 heteroatoms. The summed E-state index contributed by atoms with van der Waals surface area (Å²) in [5.41, 5.74) is 0.733. The molecule has 0 bridgehead atoms. The topological polar surface area (TPSA) is 71.3 Å². The third-order valence-electron chi connectivity index (χ3n) is 2.07. The van der Waals surface area contributed by atoms with Crippen molar-refractivity contribution in [1.82, 2.24) is 0 Å². The highest BCUT2D eigenvalue weighted by Crippen LogP contribution is 2.27. The van der Waals surface area contributed by atoms with E-state index in [-0.39, 0.29) is 12.5 Å². The molecule has 0 radical (unpaired) electrons. The largest absolute Gasteiger partial charge is 0.495 e. The Morgan fingerprint density at radius 1 is 1.53 bits per heavy atom. The molecule has 1 N–H and O–H groups in total. The van der Waals surface area contributed by atoms with Gasteiger partial charge in [0.2, 0.25) is 0 Å². The number of nitriles is 1. The van der Waals surface area contributed by atoms with E-state index in [1.165, 1.54) is 7.11 Å². The predicted molar refractivity (Wildman–Crippen MR) is 62.8 cm³/mol. The van der Waals surface area contributed by atoms with Crippen LogP contribution >= 0.6 is 0 Å². The lowest BCUT2D eigenvalue weighted by Crippen LogP contribution is -2.19. The van der Waals surface area contributed by atoms with Crippen LogP contribution in [0.15, 0.2) is 18.2 Å². The van der Waals surface area contributed by atoms with Gasteiger partial charge in [0.15, 0.2) is 0 Å². The number of carbonyl (C=O) groups excluding carboxylic acids is 1. The number of amides is 1. The fourth-order valence-electron chi connectivity index (χ4n) is 1.29. The molecule has 0 aromatic heterocycles. The van der Waals surface area contributed by atoms with Crippen LogP contribution in [0.5, 0.6) is 5.75 Å². The minimum absolute atomic E-state index is 0.0422. The molecule has 1 aromatic carbocycles. The molecule has 1 aromatic rings. The average molecular weight is 234 g/mol. The van der Waals surface area contributed by atoms with Gasteiger partial charge in [-0.15, -0.1) is 0 Å². The highest BCUT2D eigenvalue weighted by molar-refractivity contribution is 5.94. The van der Waals surface area contributed by atoms with Gasteiger partial charge in [-0.25, -0.2) is 0 Å². The van der Waals surface area contributed by atoms with E-state index in [0.29, 0.717) is 23.6 Å². The van der Waals surface area contributed by atoms with Crippen LogP contribution in [0.2, 0.25) is 0 Å². The third-order valence-corrected chi connectivity index (χ3v) is 2.07.